The maximum Gasteiger partial charge on any atom is 0.253 e. The number of benzene rings is 2. The van der Waals surface area contributed by atoms with Gasteiger partial charge in [0.05, 0.1) is 22.4 Å². The van der Waals surface area contributed by atoms with Crippen molar-refractivity contribution in [3.05, 3.63) is 69.4 Å². The predicted molar refractivity (Wildman–Crippen MR) is 136 cm³/mol. The third-order valence-corrected chi connectivity index (χ3v) is 6.65. The van der Waals surface area contributed by atoms with Crippen LogP contribution in [0.5, 0.6) is 0 Å². The molecule has 2 aromatic carbocycles. The highest BCUT2D eigenvalue weighted by molar-refractivity contribution is 9.10. The lowest BCUT2D eigenvalue weighted by atomic mass is 10.0. The van der Waals surface area contributed by atoms with Crippen LogP contribution >= 0.6 is 39.3 Å². The summed E-state index contributed by atoms with van der Waals surface area (Å²) in [6.45, 7) is 4.15. The Morgan fingerprint density at radius 1 is 1.12 bits per heavy atom. The molecule has 0 spiro atoms. The molecule has 2 amide bonds. The average molecular weight is 551 g/mol. The Morgan fingerprint density at radius 3 is 2.48 bits per heavy atom. The quantitative estimate of drug-likeness (QED) is 0.345. The van der Waals surface area contributed by atoms with E-state index in [1.54, 1.807) is 24.3 Å². The van der Waals surface area contributed by atoms with Crippen molar-refractivity contribution in [3.63, 3.8) is 0 Å². The molecule has 3 aromatic rings. The van der Waals surface area contributed by atoms with Gasteiger partial charge in [-0.15, -0.1) is 10.2 Å². The lowest BCUT2D eigenvalue weighted by Crippen LogP contribution is -2.31. The van der Waals surface area contributed by atoms with E-state index in [2.05, 4.69) is 50.6 Å². The minimum atomic E-state index is -0.350. The third-order valence-electron chi connectivity index (χ3n) is 4.77. The van der Waals surface area contributed by atoms with E-state index in [0.29, 0.717) is 33.9 Å². The predicted octanol–water partition coefficient (Wildman–Crippen LogP) is 5.48. The Bertz CT molecular complexity index is 1120. The Hall–Kier alpha value is -2.36. The third kappa shape index (κ3) is 7.06. The summed E-state index contributed by atoms with van der Waals surface area (Å²) in [6, 6.07) is 14.0. The van der Waals surface area contributed by atoms with E-state index in [4.69, 9.17) is 11.6 Å². The van der Waals surface area contributed by atoms with Gasteiger partial charge in [-0.1, -0.05) is 65.3 Å². The molecule has 174 valence electrons. The van der Waals surface area contributed by atoms with Crippen molar-refractivity contribution in [3.8, 4) is 0 Å². The molecule has 0 radical (unpaired) electrons. The second kappa shape index (κ2) is 11.7. The van der Waals surface area contributed by atoms with Crippen LogP contribution in [-0.2, 0) is 11.8 Å². The van der Waals surface area contributed by atoms with Crippen LogP contribution < -0.4 is 10.6 Å². The van der Waals surface area contributed by atoms with Gasteiger partial charge >= 0.3 is 0 Å². The molecule has 0 saturated carbocycles. The number of nitrogens with one attached hydrogen (secondary N) is 2. The Morgan fingerprint density at radius 2 is 1.82 bits per heavy atom. The molecule has 3 rings (SSSR count). The number of halogens is 2. The molecule has 0 bridgehead atoms. The van der Waals surface area contributed by atoms with Gasteiger partial charge < -0.3 is 15.2 Å². The highest BCUT2D eigenvalue weighted by Crippen LogP contribution is 2.25. The van der Waals surface area contributed by atoms with E-state index in [-0.39, 0.29) is 23.6 Å². The summed E-state index contributed by atoms with van der Waals surface area (Å²) in [6.07, 6.45) is 0.677. The van der Waals surface area contributed by atoms with E-state index in [1.807, 2.05) is 35.9 Å². The van der Waals surface area contributed by atoms with Gasteiger partial charge in [0.25, 0.3) is 5.91 Å². The van der Waals surface area contributed by atoms with Gasteiger partial charge in [0, 0.05) is 17.2 Å². The maximum atomic E-state index is 12.8. The Labute approximate surface area is 210 Å². The van der Waals surface area contributed by atoms with E-state index in [1.165, 1.54) is 11.8 Å². The maximum absolute atomic E-state index is 12.8. The van der Waals surface area contributed by atoms with Crippen molar-refractivity contribution in [2.24, 2.45) is 13.0 Å². The van der Waals surface area contributed by atoms with E-state index < -0.39 is 0 Å². The first kappa shape index (κ1) is 25.3. The van der Waals surface area contributed by atoms with Crippen LogP contribution in [0.25, 0.3) is 0 Å². The molecule has 0 aliphatic carbocycles. The van der Waals surface area contributed by atoms with E-state index in [9.17, 15) is 9.59 Å². The number of thioether (sulfide) groups is 1. The van der Waals surface area contributed by atoms with Crippen LogP contribution in [0.1, 0.15) is 42.5 Å². The summed E-state index contributed by atoms with van der Waals surface area (Å²) in [5, 5.41) is 15.4. The molecule has 7 nitrogen and oxygen atoms in total. The van der Waals surface area contributed by atoms with Crippen LogP contribution in [0.4, 0.5) is 5.69 Å². The van der Waals surface area contributed by atoms with Crippen molar-refractivity contribution < 1.29 is 9.59 Å². The van der Waals surface area contributed by atoms with Gasteiger partial charge in [-0.05, 0) is 48.7 Å². The van der Waals surface area contributed by atoms with Gasteiger partial charge in [-0.2, -0.15) is 0 Å². The molecule has 0 aliphatic heterocycles. The van der Waals surface area contributed by atoms with Crippen molar-refractivity contribution in [2.45, 2.75) is 31.5 Å². The molecule has 0 saturated heterocycles. The van der Waals surface area contributed by atoms with E-state index in [0.717, 1.165) is 10.2 Å². The lowest BCUT2D eigenvalue weighted by Gasteiger charge is -2.20. The number of anilines is 1. The first-order chi connectivity index (χ1) is 15.7. The van der Waals surface area contributed by atoms with Gasteiger partial charge in [-0.3, -0.25) is 9.59 Å². The first-order valence-corrected chi connectivity index (χ1v) is 12.5. The molecule has 1 aromatic heterocycles. The van der Waals surface area contributed by atoms with Crippen molar-refractivity contribution >= 4 is 56.8 Å². The van der Waals surface area contributed by atoms with Crippen molar-refractivity contribution in [1.82, 2.24) is 20.1 Å². The second-order valence-electron chi connectivity index (χ2n) is 7.88. The fourth-order valence-electron chi connectivity index (χ4n) is 3.20. The number of carbonyl (C=O) groups excluding carboxylic acids is 2. The van der Waals surface area contributed by atoms with Gasteiger partial charge in [-0.25, -0.2) is 0 Å². The number of carbonyl (C=O) groups is 2. The summed E-state index contributed by atoms with van der Waals surface area (Å²) in [7, 11) is 1.83. The zero-order valence-corrected chi connectivity index (χ0v) is 21.7. The summed E-state index contributed by atoms with van der Waals surface area (Å²) in [4.78, 5) is 25.2. The largest absolute Gasteiger partial charge is 0.342 e. The van der Waals surface area contributed by atoms with Crippen LogP contribution in [0.3, 0.4) is 0 Å². The molecule has 33 heavy (non-hydrogen) atoms. The molecular formula is C23H25BrClN5O2S. The zero-order chi connectivity index (χ0) is 24.0. The minimum absolute atomic E-state index is 0.141. The fourth-order valence-corrected chi connectivity index (χ4v) is 4.40. The topological polar surface area (TPSA) is 88.9 Å². The number of aromatic nitrogens is 3. The molecule has 1 heterocycles. The lowest BCUT2D eigenvalue weighted by molar-refractivity contribution is -0.113. The molecule has 0 aliphatic rings. The van der Waals surface area contributed by atoms with Crippen molar-refractivity contribution in [1.29, 1.82) is 0 Å². The molecule has 0 unspecified atom stereocenters. The first-order valence-electron chi connectivity index (χ1n) is 10.4. The highest BCUT2D eigenvalue weighted by atomic mass is 79.9. The molecule has 1 atom stereocenters. The summed E-state index contributed by atoms with van der Waals surface area (Å²) < 4.78 is 2.76. The fraction of sp³-hybridized carbons (Fsp3) is 0.304. The molecule has 10 heteroatoms. The summed E-state index contributed by atoms with van der Waals surface area (Å²) in [5.41, 5.74) is 1.14. The molecule has 2 N–H and O–H groups in total. The molecule has 0 fully saturated rings. The SMILES string of the molecule is CC(C)C[C@@H](NC(=O)c1ccccc1Cl)c1nnc(SCC(=O)Nc2ccc(Br)cc2)n1C. The number of amides is 2. The van der Waals surface area contributed by atoms with E-state index >= 15 is 0 Å². The normalized spacial score (nSPS) is 11.9. The number of rotatable bonds is 9. The monoisotopic (exact) mass is 549 g/mol. The smallest absolute Gasteiger partial charge is 0.253 e. The summed E-state index contributed by atoms with van der Waals surface area (Å²) >= 11 is 10.8. The van der Waals surface area contributed by atoms with Crippen molar-refractivity contribution in [2.75, 3.05) is 11.1 Å². The average Bonchev–Trinajstić information content (AvgIpc) is 3.13. The second-order valence-corrected chi connectivity index (χ2v) is 10.1. The summed E-state index contributed by atoms with van der Waals surface area (Å²) in [5.74, 6) is 0.712. The van der Waals surface area contributed by atoms with Crippen LogP contribution in [0.15, 0.2) is 58.2 Å². The number of nitrogens with zero attached hydrogens (tertiary/aromatic N) is 3. The van der Waals surface area contributed by atoms with Gasteiger partial charge in [0.2, 0.25) is 5.91 Å². The Kier molecular flexibility index (Phi) is 8.94. The highest BCUT2D eigenvalue weighted by Gasteiger charge is 2.24. The number of hydrogen-bond donors (Lipinski definition) is 2. The van der Waals surface area contributed by atoms with Crippen LogP contribution in [0, 0.1) is 5.92 Å². The van der Waals surface area contributed by atoms with Crippen LogP contribution in [-0.4, -0.2) is 32.3 Å². The van der Waals surface area contributed by atoms with Gasteiger partial charge in [0.15, 0.2) is 11.0 Å². The van der Waals surface area contributed by atoms with Gasteiger partial charge in [0.1, 0.15) is 0 Å². The minimum Gasteiger partial charge on any atom is -0.342 e. The Balaban J connectivity index is 1.68. The molecular weight excluding hydrogens is 526 g/mol. The number of hydrogen-bond acceptors (Lipinski definition) is 5. The van der Waals surface area contributed by atoms with Crippen LogP contribution in [0.2, 0.25) is 5.02 Å². The zero-order valence-electron chi connectivity index (χ0n) is 18.5. The standard InChI is InChI=1S/C23H25BrClN5O2S/c1-14(2)12-19(27-22(32)17-6-4-5-7-18(17)25)21-28-29-23(30(21)3)33-13-20(31)26-16-10-8-15(24)9-11-16/h4-11,14,19H,12-13H2,1-3H3,(H,26,31)(H,27,32)/t19-/m1/s1.